The molecule has 3 aromatic rings. The summed E-state index contributed by atoms with van der Waals surface area (Å²) in [4.78, 5) is 13.2. The van der Waals surface area contributed by atoms with Gasteiger partial charge in [0.1, 0.15) is 6.10 Å². The lowest BCUT2D eigenvalue weighted by Crippen LogP contribution is -2.46. The molecule has 38 heavy (non-hydrogen) atoms. The van der Waals surface area contributed by atoms with Crippen molar-refractivity contribution >= 4 is 44.0 Å². The van der Waals surface area contributed by atoms with E-state index < -0.39 is 21.7 Å². The number of halogens is 1. The number of aryl methyl sites for hydroxylation is 1. The van der Waals surface area contributed by atoms with Crippen LogP contribution in [0.15, 0.2) is 30.3 Å². The maximum Gasteiger partial charge on any atom is 0.232 e. The number of aromatic nitrogens is 1. The Morgan fingerprint density at radius 2 is 1.82 bits per heavy atom. The molecule has 0 fully saturated rings. The van der Waals surface area contributed by atoms with Crippen molar-refractivity contribution in [1.82, 2.24) is 4.57 Å². The fourth-order valence-electron chi connectivity index (χ4n) is 5.59. The fraction of sp³-hybridized carbons (Fsp3) is 0.483. The highest BCUT2D eigenvalue weighted by Crippen LogP contribution is 2.49. The number of ketones is 1. The number of ether oxygens (including phenoxy) is 2. The summed E-state index contributed by atoms with van der Waals surface area (Å²) in [6.45, 7) is 12.1. The molecule has 2 atom stereocenters. The fourth-order valence-corrected chi connectivity index (χ4v) is 6.98. The third kappa shape index (κ3) is 5.24. The predicted octanol–water partition coefficient (Wildman–Crippen LogP) is 6.21. The Morgan fingerprint density at radius 1 is 1.18 bits per heavy atom. The summed E-state index contributed by atoms with van der Waals surface area (Å²) >= 11 is 6.24. The maximum absolute atomic E-state index is 13.4. The second-order valence-corrected chi connectivity index (χ2v) is 13.4. The molecule has 0 unspecified atom stereocenters. The van der Waals surface area contributed by atoms with Crippen LogP contribution in [0, 0.1) is 13.8 Å². The average molecular weight is 561 g/mol. The topological polar surface area (TPSA) is 77.8 Å². The van der Waals surface area contributed by atoms with E-state index in [4.69, 9.17) is 21.1 Å². The summed E-state index contributed by atoms with van der Waals surface area (Å²) in [5, 5.41) is 1.48. The van der Waals surface area contributed by atoms with Crippen LogP contribution in [0.1, 0.15) is 57.0 Å². The number of benzene rings is 2. The Kier molecular flexibility index (Phi) is 7.76. The van der Waals surface area contributed by atoms with E-state index in [0.717, 1.165) is 27.7 Å². The molecule has 0 bridgehead atoms. The van der Waals surface area contributed by atoms with E-state index in [1.807, 2.05) is 58.9 Å². The average Bonchev–Trinajstić information content (AvgIpc) is 3.13. The smallest absolute Gasteiger partial charge is 0.232 e. The van der Waals surface area contributed by atoms with E-state index in [9.17, 15) is 13.2 Å². The Labute approximate surface area is 230 Å². The van der Waals surface area contributed by atoms with Gasteiger partial charge in [-0.3, -0.25) is 9.10 Å². The van der Waals surface area contributed by atoms with Crippen LogP contribution in [0.3, 0.4) is 0 Å². The molecule has 0 radical (unpaired) electrons. The van der Waals surface area contributed by atoms with Crippen LogP contribution in [0.5, 0.6) is 0 Å². The van der Waals surface area contributed by atoms with Crippen LogP contribution in [-0.4, -0.2) is 50.4 Å². The Bertz CT molecular complexity index is 1490. The first-order valence-electron chi connectivity index (χ1n) is 12.7. The summed E-state index contributed by atoms with van der Waals surface area (Å²) < 4.78 is 42.2. The van der Waals surface area contributed by atoms with Gasteiger partial charge in [0.15, 0.2) is 5.78 Å². The highest BCUT2D eigenvalue weighted by atomic mass is 35.5. The predicted molar refractivity (Wildman–Crippen MR) is 154 cm³/mol. The van der Waals surface area contributed by atoms with Crippen molar-refractivity contribution < 1.29 is 22.7 Å². The van der Waals surface area contributed by atoms with Crippen LogP contribution in [0.25, 0.3) is 22.0 Å². The number of methoxy groups -OCH3 is 1. The lowest BCUT2D eigenvalue weighted by atomic mass is 9.86. The lowest BCUT2D eigenvalue weighted by Gasteiger charge is -2.40. The molecule has 9 heteroatoms. The number of hydrogen-bond acceptors (Lipinski definition) is 5. The first-order valence-corrected chi connectivity index (χ1v) is 15.0. The van der Waals surface area contributed by atoms with Crippen molar-refractivity contribution in [3.05, 3.63) is 52.2 Å². The van der Waals surface area contributed by atoms with Crippen LogP contribution in [-0.2, 0) is 30.8 Å². The number of hydrogen-bond donors (Lipinski definition) is 0. The number of anilines is 1. The van der Waals surface area contributed by atoms with Gasteiger partial charge in [0.25, 0.3) is 0 Å². The van der Waals surface area contributed by atoms with Crippen molar-refractivity contribution in [2.45, 2.75) is 72.3 Å². The van der Waals surface area contributed by atoms with E-state index in [-0.39, 0.29) is 11.8 Å². The van der Waals surface area contributed by atoms with Gasteiger partial charge >= 0.3 is 0 Å². The molecule has 7 nitrogen and oxygen atoms in total. The summed E-state index contributed by atoms with van der Waals surface area (Å²) in [6, 6.07) is 9.26. The highest BCUT2D eigenvalue weighted by Gasteiger charge is 2.40. The minimum absolute atomic E-state index is 0.154. The minimum Gasteiger partial charge on any atom is -0.385 e. The minimum atomic E-state index is -3.67. The molecule has 1 aliphatic rings. The van der Waals surface area contributed by atoms with Gasteiger partial charge in [0, 0.05) is 41.9 Å². The van der Waals surface area contributed by atoms with E-state index in [1.165, 1.54) is 17.5 Å². The van der Waals surface area contributed by atoms with Crippen LogP contribution < -0.4 is 4.31 Å². The zero-order valence-corrected chi connectivity index (χ0v) is 25.0. The number of carbonyl (C=O) groups is 1. The molecule has 0 amide bonds. The molecule has 0 saturated heterocycles. The van der Waals surface area contributed by atoms with E-state index in [2.05, 4.69) is 10.6 Å². The van der Waals surface area contributed by atoms with Gasteiger partial charge in [-0.05, 0) is 82.9 Å². The molecule has 0 saturated carbocycles. The van der Waals surface area contributed by atoms with Crippen molar-refractivity contribution in [3.63, 3.8) is 0 Å². The quantitative estimate of drug-likeness (QED) is 0.327. The Hall–Kier alpha value is -2.39. The molecule has 2 heterocycles. The molecular formula is C29H37ClN2O5S. The second kappa shape index (κ2) is 10.3. The van der Waals surface area contributed by atoms with E-state index >= 15 is 0 Å². The normalized spacial score (nSPS) is 16.8. The largest absolute Gasteiger partial charge is 0.385 e. The molecule has 206 valence electrons. The third-order valence-corrected chi connectivity index (χ3v) is 8.47. The van der Waals surface area contributed by atoms with Crippen molar-refractivity contribution in [2.75, 3.05) is 24.3 Å². The third-order valence-electron chi connectivity index (χ3n) is 7.02. The summed E-state index contributed by atoms with van der Waals surface area (Å²) in [5.74, 6) is -0.154. The van der Waals surface area contributed by atoms with Gasteiger partial charge in [-0.2, -0.15) is 0 Å². The Morgan fingerprint density at radius 3 is 2.34 bits per heavy atom. The van der Waals surface area contributed by atoms with E-state index in [0.29, 0.717) is 41.4 Å². The molecule has 0 aliphatic carbocycles. The number of sulfonamides is 1. The molecule has 0 N–H and O–H groups in total. The lowest BCUT2D eigenvalue weighted by molar-refractivity contribution is -0.138. The first-order chi connectivity index (χ1) is 17.7. The number of carbonyl (C=O) groups excluding carboxylic acids is 1. The molecule has 1 aliphatic heterocycles. The zero-order valence-electron chi connectivity index (χ0n) is 23.4. The number of Topliss-reactive ketones (excluding diaryl/α,β-unsaturated/α-hetero) is 1. The zero-order chi connectivity index (χ0) is 28.2. The molecular weight excluding hydrogens is 524 g/mol. The van der Waals surface area contributed by atoms with Gasteiger partial charge in [-0.15, -0.1) is 0 Å². The molecule has 2 aromatic carbocycles. The SMILES string of the molecule is COCC[C@H]1Cn2c(C)cc3c(-c4ccc(Cl)cc4)c([C@H](OC(C)(C)C)C(C)=O)c(C)c(c32)N1S(C)(=O)=O. The summed E-state index contributed by atoms with van der Waals surface area (Å²) in [5.41, 5.74) is 4.95. The molecule has 0 spiro atoms. The van der Waals surface area contributed by atoms with Gasteiger partial charge < -0.3 is 14.0 Å². The molecule has 4 rings (SSSR count). The van der Waals surface area contributed by atoms with Crippen molar-refractivity contribution in [3.8, 4) is 11.1 Å². The monoisotopic (exact) mass is 560 g/mol. The van der Waals surface area contributed by atoms with Crippen LogP contribution in [0.4, 0.5) is 5.69 Å². The Balaban J connectivity index is 2.19. The summed E-state index contributed by atoms with van der Waals surface area (Å²) in [7, 11) is -2.05. The van der Waals surface area contributed by atoms with Gasteiger partial charge in [0.2, 0.25) is 10.0 Å². The first kappa shape index (κ1) is 28.6. The van der Waals surface area contributed by atoms with Gasteiger partial charge in [-0.1, -0.05) is 23.7 Å². The van der Waals surface area contributed by atoms with E-state index in [1.54, 1.807) is 7.11 Å². The highest BCUT2D eigenvalue weighted by molar-refractivity contribution is 7.92. The number of rotatable bonds is 8. The van der Waals surface area contributed by atoms with Crippen LogP contribution >= 0.6 is 11.6 Å². The number of nitrogens with zero attached hydrogens (tertiary/aromatic N) is 2. The standard InChI is InChI=1S/C29H37ClN2O5S/c1-17-15-23-25(20-9-11-21(30)12-10-20)24(28(19(3)33)37-29(4,5)6)18(2)26-27(23)31(17)16-22(13-14-36-7)32(26)38(8,34)35/h9-12,15,22,28H,13-14,16H2,1-8H3/t22-,28+/m0/s1. The van der Waals surface area contributed by atoms with Gasteiger partial charge in [0.05, 0.1) is 29.1 Å². The summed E-state index contributed by atoms with van der Waals surface area (Å²) in [6.07, 6.45) is 0.875. The molecule has 1 aromatic heterocycles. The van der Waals surface area contributed by atoms with Crippen LogP contribution in [0.2, 0.25) is 5.02 Å². The van der Waals surface area contributed by atoms with Crippen molar-refractivity contribution in [2.24, 2.45) is 0 Å². The van der Waals surface area contributed by atoms with Crippen molar-refractivity contribution in [1.29, 1.82) is 0 Å². The van der Waals surface area contributed by atoms with Gasteiger partial charge in [-0.25, -0.2) is 8.42 Å². The second-order valence-electron chi connectivity index (χ2n) is 11.1. The maximum atomic E-state index is 13.4.